The third-order valence-corrected chi connectivity index (χ3v) is 3.40. The highest BCUT2D eigenvalue weighted by Gasteiger charge is 2.35. The SMILES string of the molecule is Cc1cncc(CN2C(=O)C(=O)c3cc(C)ccc32)c1. The number of Topliss-reactive ketones (excluding diaryl/α,β-unsaturated/α-hetero) is 1. The number of nitrogens with zero attached hydrogens (tertiary/aromatic N) is 2. The first-order valence-electron chi connectivity index (χ1n) is 6.43. The Morgan fingerprint density at radius 3 is 2.60 bits per heavy atom. The zero-order valence-corrected chi connectivity index (χ0v) is 11.4. The van der Waals surface area contributed by atoms with Gasteiger partial charge in [-0.2, -0.15) is 0 Å². The van der Waals surface area contributed by atoms with E-state index >= 15 is 0 Å². The molecule has 2 heterocycles. The molecule has 3 rings (SSSR count). The highest BCUT2D eigenvalue weighted by molar-refractivity contribution is 6.52. The molecule has 1 amide bonds. The van der Waals surface area contributed by atoms with Crippen molar-refractivity contribution in [3.8, 4) is 0 Å². The number of rotatable bonds is 2. The van der Waals surface area contributed by atoms with E-state index in [9.17, 15) is 9.59 Å². The number of aromatic nitrogens is 1. The van der Waals surface area contributed by atoms with Gasteiger partial charge < -0.3 is 4.90 Å². The summed E-state index contributed by atoms with van der Waals surface area (Å²) in [6.45, 7) is 4.23. The third kappa shape index (κ3) is 1.99. The molecule has 0 saturated carbocycles. The molecule has 0 atom stereocenters. The van der Waals surface area contributed by atoms with Crippen LogP contribution >= 0.6 is 0 Å². The molecule has 0 N–H and O–H groups in total. The molecule has 1 aromatic heterocycles. The zero-order chi connectivity index (χ0) is 14.3. The molecule has 0 bridgehead atoms. The number of hydrogen-bond acceptors (Lipinski definition) is 3. The van der Waals surface area contributed by atoms with Crippen LogP contribution in [0.5, 0.6) is 0 Å². The smallest absolute Gasteiger partial charge is 0.299 e. The average molecular weight is 266 g/mol. The number of carbonyl (C=O) groups excluding carboxylic acids is 2. The van der Waals surface area contributed by atoms with E-state index in [-0.39, 0.29) is 0 Å². The molecule has 0 saturated heterocycles. The topological polar surface area (TPSA) is 50.3 Å². The Bertz CT molecular complexity index is 722. The van der Waals surface area contributed by atoms with Crippen LogP contribution in [0.4, 0.5) is 5.69 Å². The molecule has 0 aliphatic carbocycles. The molecule has 1 aliphatic heterocycles. The van der Waals surface area contributed by atoms with Crippen LogP contribution in [0.1, 0.15) is 27.0 Å². The van der Waals surface area contributed by atoms with E-state index in [1.807, 2.05) is 32.0 Å². The summed E-state index contributed by atoms with van der Waals surface area (Å²) in [5.41, 5.74) is 4.11. The Hall–Kier alpha value is -2.49. The van der Waals surface area contributed by atoms with Gasteiger partial charge in [-0.25, -0.2) is 0 Å². The van der Waals surface area contributed by atoms with Crippen LogP contribution < -0.4 is 4.90 Å². The normalized spacial score (nSPS) is 13.8. The van der Waals surface area contributed by atoms with Gasteiger partial charge in [-0.05, 0) is 37.1 Å². The monoisotopic (exact) mass is 266 g/mol. The van der Waals surface area contributed by atoms with Gasteiger partial charge in [0.05, 0.1) is 17.8 Å². The Labute approximate surface area is 117 Å². The van der Waals surface area contributed by atoms with E-state index in [4.69, 9.17) is 0 Å². The van der Waals surface area contributed by atoms with Gasteiger partial charge in [-0.1, -0.05) is 17.7 Å². The molecule has 0 fully saturated rings. The maximum atomic E-state index is 12.1. The molecule has 20 heavy (non-hydrogen) atoms. The van der Waals surface area contributed by atoms with Gasteiger partial charge in [0, 0.05) is 12.4 Å². The van der Waals surface area contributed by atoms with Gasteiger partial charge >= 0.3 is 0 Å². The second-order valence-electron chi connectivity index (χ2n) is 5.11. The van der Waals surface area contributed by atoms with Crippen LogP contribution in [0.3, 0.4) is 0 Å². The second kappa shape index (κ2) is 4.56. The van der Waals surface area contributed by atoms with Crippen LogP contribution in [-0.2, 0) is 11.3 Å². The van der Waals surface area contributed by atoms with Crippen LogP contribution in [0.15, 0.2) is 36.7 Å². The number of benzene rings is 1. The Morgan fingerprint density at radius 2 is 1.85 bits per heavy atom. The van der Waals surface area contributed by atoms with E-state index in [0.717, 1.165) is 16.7 Å². The average Bonchev–Trinajstić information content (AvgIpc) is 2.64. The minimum atomic E-state index is -0.466. The van der Waals surface area contributed by atoms with E-state index in [2.05, 4.69) is 4.98 Å². The number of ketones is 1. The summed E-state index contributed by atoms with van der Waals surface area (Å²) in [6, 6.07) is 7.48. The van der Waals surface area contributed by atoms with Gasteiger partial charge in [0.2, 0.25) is 0 Å². The number of aryl methyl sites for hydroxylation is 2. The molecular formula is C16H14N2O2. The summed E-state index contributed by atoms with van der Waals surface area (Å²) >= 11 is 0. The van der Waals surface area contributed by atoms with Gasteiger partial charge in [-0.3, -0.25) is 14.6 Å². The fourth-order valence-electron chi connectivity index (χ4n) is 2.46. The number of fused-ring (bicyclic) bond motifs is 1. The highest BCUT2D eigenvalue weighted by Crippen LogP contribution is 2.30. The Balaban J connectivity index is 1.99. The van der Waals surface area contributed by atoms with Crippen LogP contribution in [0.2, 0.25) is 0 Å². The molecular weight excluding hydrogens is 252 g/mol. The first kappa shape index (κ1) is 12.5. The van der Waals surface area contributed by atoms with E-state index in [1.54, 1.807) is 18.5 Å². The molecule has 0 radical (unpaired) electrons. The third-order valence-electron chi connectivity index (χ3n) is 3.40. The summed E-state index contributed by atoms with van der Waals surface area (Å²) in [6.07, 6.45) is 3.48. The van der Waals surface area contributed by atoms with Crippen molar-refractivity contribution in [3.63, 3.8) is 0 Å². The van der Waals surface area contributed by atoms with Crippen LogP contribution in [0.25, 0.3) is 0 Å². The predicted octanol–water partition coefficient (Wildman–Crippen LogP) is 2.43. The number of pyridine rings is 1. The lowest BCUT2D eigenvalue weighted by Gasteiger charge is -2.16. The quantitative estimate of drug-likeness (QED) is 0.784. The van der Waals surface area contributed by atoms with Gasteiger partial charge in [-0.15, -0.1) is 0 Å². The largest absolute Gasteiger partial charge is 0.300 e. The minimum absolute atomic E-state index is 0.370. The van der Waals surface area contributed by atoms with E-state index in [1.165, 1.54) is 4.90 Å². The lowest BCUT2D eigenvalue weighted by Crippen LogP contribution is -2.29. The molecule has 0 unspecified atom stereocenters. The lowest BCUT2D eigenvalue weighted by atomic mass is 10.1. The molecule has 4 heteroatoms. The van der Waals surface area contributed by atoms with Crippen molar-refractivity contribution >= 4 is 17.4 Å². The first-order valence-corrected chi connectivity index (χ1v) is 6.43. The van der Waals surface area contributed by atoms with E-state index < -0.39 is 11.7 Å². The standard InChI is InChI=1S/C16H14N2O2/c1-10-3-4-14-13(6-10)15(19)16(20)18(14)9-12-5-11(2)7-17-8-12/h3-8H,9H2,1-2H3. The number of carbonyl (C=O) groups is 2. The maximum absolute atomic E-state index is 12.1. The van der Waals surface area contributed by atoms with Crippen molar-refractivity contribution < 1.29 is 9.59 Å². The summed E-state index contributed by atoms with van der Waals surface area (Å²) in [4.78, 5) is 29.8. The fourth-order valence-corrected chi connectivity index (χ4v) is 2.46. The zero-order valence-electron chi connectivity index (χ0n) is 11.4. The fraction of sp³-hybridized carbons (Fsp3) is 0.188. The van der Waals surface area contributed by atoms with Gasteiger partial charge in [0.15, 0.2) is 0 Å². The highest BCUT2D eigenvalue weighted by atomic mass is 16.2. The van der Waals surface area contributed by atoms with Gasteiger partial charge in [0.25, 0.3) is 11.7 Å². The summed E-state index contributed by atoms with van der Waals surface area (Å²) in [7, 11) is 0. The molecule has 100 valence electrons. The molecule has 1 aromatic carbocycles. The van der Waals surface area contributed by atoms with Crippen molar-refractivity contribution in [2.45, 2.75) is 20.4 Å². The van der Waals surface area contributed by atoms with Crippen molar-refractivity contribution in [1.29, 1.82) is 0 Å². The predicted molar refractivity (Wildman–Crippen MR) is 75.7 cm³/mol. The molecule has 0 spiro atoms. The number of hydrogen-bond donors (Lipinski definition) is 0. The first-order chi connectivity index (χ1) is 9.56. The number of anilines is 1. The maximum Gasteiger partial charge on any atom is 0.299 e. The van der Waals surface area contributed by atoms with Gasteiger partial charge in [0.1, 0.15) is 0 Å². The van der Waals surface area contributed by atoms with Crippen molar-refractivity contribution in [2.24, 2.45) is 0 Å². The Morgan fingerprint density at radius 1 is 1.05 bits per heavy atom. The van der Waals surface area contributed by atoms with Crippen LogP contribution in [0, 0.1) is 13.8 Å². The summed E-state index contributed by atoms with van der Waals surface area (Å²) in [5, 5.41) is 0. The van der Waals surface area contributed by atoms with E-state index in [0.29, 0.717) is 17.8 Å². The molecule has 4 nitrogen and oxygen atoms in total. The van der Waals surface area contributed by atoms with Crippen molar-refractivity contribution in [2.75, 3.05) is 4.90 Å². The lowest BCUT2D eigenvalue weighted by molar-refractivity contribution is -0.114. The Kier molecular flexibility index (Phi) is 2.86. The van der Waals surface area contributed by atoms with Crippen molar-refractivity contribution in [3.05, 3.63) is 58.9 Å². The second-order valence-corrected chi connectivity index (χ2v) is 5.11. The van der Waals surface area contributed by atoms with Crippen molar-refractivity contribution in [1.82, 2.24) is 4.98 Å². The van der Waals surface area contributed by atoms with Crippen LogP contribution in [-0.4, -0.2) is 16.7 Å². The number of amides is 1. The summed E-state index contributed by atoms with van der Waals surface area (Å²) < 4.78 is 0. The minimum Gasteiger partial charge on any atom is -0.300 e. The molecule has 1 aliphatic rings. The molecule has 2 aromatic rings. The summed E-state index contributed by atoms with van der Waals surface area (Å²) in [5.74, 6) is -0.892.